The molecule has 0 bridgehead atoms. The fraction of sp³-hybridized carbons (Fsp3) is 0.583. The Bertz CT molecular complexity index is 245. The zero-order valence-electron chi connectivity index (χ0n) is 8.54. The fourth-order valence-electron chi connectivity index (χ4n) is 2.14. The summed E-state index contributed by atoms with van der Waals surface area (Å²) in [6.45, 7) is 7.20. The third-order valence-corrected chi connectivity index (χ3v) is 2.91. The van der Waals surface area contributed by atoms with E-state index in [1.54, 1.807) is 12.2 Å². The van der Waals surface area contributed by atoms with Crippen LogP contribution in [0.2, 0.25) is 0 Å². The molecule has 0 aromatic carbocycles. The highest BCUT2D eigenvalue weighted by Gasteiger charge is 2.41. The van der Waals surface area contributed by atoms with Crippen LogP contribution in [-0.4, -0.2) is 16.5 Å². The lowest BCUT2D eigenvalue weighted by molar-refractivity contribution is -0.145. The number of hydrogen-bond donors (Lipinski definition) is 1. The number of rotatable bonds is 4. The van der Waals surface area contributed by atoms with Gasteiger partial charge >= 0.3 is 0 Å². The summed E-state index contributed by atoms with van der Waals surface area (Å²) in [6.07, 6.45) is 6.79. The van der Waals surface area contributed by atoms with Crippen molar-refractivity contribution in [3.63, 3.8) is 0 Å². The van der Waals surface area contributed by atoms with Gasteiger partial charge < -0.3 is 5.11 Å². The molecule has 0 saturated heterocycles. The number of hydrogen-bond acceptors (Lipinski definition) is 2. The Kier molecular flexibility index (Phi) is 3.64. The van der Waals surface area contributed by atoms with Crippen molar-refractivity contribution in [3.05, 3.63) is 25.3 Å². The number of aliphatic hydroxyl groups is 1. The smallest absolute Gasteiger partial charge is 0.168 e. The second-order valence-electron chi connectivity index (χ2n) is 4.00. The van der Waals surface area contributed by atoms with Crippen LogP contribution >= 0.6 is 0 Å². The molecule has 0 heterocycles. The van der Waals surface area contributed by atoms with E-state index >= 15 is 0 Å². The molecule has 14 heavy (non-hydrogen) atoms. The predicted octanol–water partition coefficient (Wildman–Crippen LogP) is 2.24. The number of ketones is 1. The third-order valence-electron chi connectivity index (χ3n) is 2.91. The van der Waals surface area contributed by atoms with Gasteiger partial charge in [0.05, 0.1) is 0 Å². The van der Waals surface area contributed by atoms with Crippen molar-refractivity contribution in [2.24, 2.45) is 5.92 Å². The minimum absolute atomic E-state index is 0.0245. The maximum Gasteiger partial charge on any atom is 0.168 e. The molecule has 2 atom stereocenters. The minimum Gasteiger partial charge on any atom is -0.382 e. The Morgan fingerprint density at radius 2 is 2.21 bits per heavy atom. The number of allylic oxidation sites excluding steroid dienone is 1. The predicted molar refractivity (Wildman–Crippen MR) is 56.9 cm³/mol. The first kappa shape index (κ1) is 11.2. The van der Waals surface area contributed by atoms with Crippen molar-refractivity contribution in [1.29, 1.82) is 0 Å². The van der Waals surface area contributed by atoms with E-state index < -0.39 is 5.60 Å². The van der Waals surface area contributed by atoms with E-state index in [4.69, 9.17) is 0 Å². The van der Waals surface area contributed by atoms with E-state index in [1.165, 1.54) is 0 Å². The monoisotopic (exact) mass is 194 g/mol. The van der Waals surface area contributed by atoms with Crippen LogP contribution in [0.4, 0.5) is 0 Å². The highest BCUT2D eigenvalue weighted by molar-refractivity contribution is 5.90. The first-order valence-electron chi connectivity index (χ1n) is 5.12. The van der Waals surface area contributed by atoms with Crippen LogP contribution in [0, 0.1) is 5.92 Å². The average molecular weight is 194 g/mol. The van der Waals surface area contributed by atoms with Gasteiger partial charge in [0.25, 0.3) is 0 Å². The molecule has 0 unspecified atom stereocenters. The minimum atomic E-state index is -1.15. The van der Waals surface area contributed by atoms with Crippen molar-refractivity contribution >= 4 is 5.78 Å². The van der Waals surface area contributed by atoms with Crippen molar-refractivity contribution < 1.29 is 9.90 Å². The van der Waals surface area contributed by atoms with Gasteiger partial charge in [0, 0.05) is 12.3 Å². The number of Topliss-reactive ketones (excluding diaryl/α,β-unsaturated/α-hetero) is 1. The van der Waals surface area contributed by atoms with Gasteiger partial charge in [-0.05, 0) is 25.7 Å². The maximum atomic E-state index is 11.9. The van der Waals surface area contributed by atoms with E-state index in [9.17, 15) is 9.90 Å². The zero-order valence-corrected chi connectivity index (χ0v) is 8.54. The molecular weight excluding hydrogens is 176 g/mol. The Balaban J connectivity index is 2.73. The molecule has 0 aliphatic heterocycles. The molecule has 78 valence electrons. The Morgan fingerprint density at radius 3 is 2.79 bits per heavy atom. The lowest BCUT2D eigenvalue weighted by Crippen LogP contribution is -2.45. The van der Waals surface area contributed by atoms with Crippen LogP contribution < -0.4 is 0 Å². The SMILES string of the molecule is C=CC[C@@H]1CCC[C@@](O)(CC=C)C1=O. The molecule has 2 heteroatoms. The molecule has 0 aromatic rings. The van der Waals surface area contributed by atoms with Gasteiger partial charge in [-0.2, -0.15) is 0 Å². The van der Waals surface area contributed by atoms with E-state index in [0.717, 1.165) is 12.8 Å². The average Bonchev–Trinajstić information content (AvgIpc) is 2.14. The molecule has 1 fully saturated rings. The molecule has 1 N–H and O–H groups in total. The van der Waals surface area contributed by atoms with E-state index in [0.29, 0.717) is 19.3 Å². The summed E-state index contributed by atoms with van der Waals surface area (Å²) < 4.78 is 0. The summed E-state index contributed by atoms with van der Waals surface area (Å²) >= 11 is 0. The third kappa shape index (κ3) is 2.13. The molecule has 0 spiro atoms. The Morgan fingerprint density at radius 1 is 1.50 bits per heavy atom. The lowest BCUT2D eigenvalue weighted by atomic mass is 9.74. The van der Waals surface area contributed by atoms with Crippen molar-refractivity contribution in [1.82, 2.24) is 0 Å². The molecule has 1 aliphatic carbocycles. The maximum absolute atomic E-state index is 11.9. The van der Waals surface area contributed by atoms with Crippen LogP contribution in [0.15, 0.2) is 25.3 Å². The van der Waals surface area contributed by atoms with Crippen LogP contribution in [0.5, 0.6) is 0 Å². The molecule has 0 aromatic heterocycles. The first-order valence-corrected chi connectivity index (χ1v) is 5.12. The van der Waals surface area contributed by atoms with Gasteiger partial charge in [0.15, 0.2) is 5.78 Å². The van der Waals surface area contributed by atoms with Gasteiger partial charge in [-0.15, -0.1) is 13.2 Å². The summed E-state index contributed by atoms with van der Waals surface area (Å²) in [5, 5.41) is 10.1. The number of carbonyl (C=O) groups is 1. The lowest BCUT2D eigenvalue weighted by Gasteiger charge is -2.34. The van der Waals surface area contributed by atoms with Crippen molar-refractivity contribution in [3.8, 4) is 0 Å². The summed E-state index contributed by atoms with van der Waals surface area (Å²) in [4.78, 5) is 11.9. The molecule has 1 rings (SSSR count). The molecule has 0 amide bonds. The van der Waals surface area contributed by atoms with Gasteiger partial charge in [-0.25, -0.2) is 0 Å². The summed E-state index contributed by atoms with van der Waals surface area (Å²) in [7, 11) is 0. The van der Waals surface area contributed by atoms with Gasteiger partial charge in [0.2, 0.25) is 0 Å². The van der Waals surface area contributed by atoms with Crippen LogP contribution in [0.25, 0.3) is 0 Å². The number of carbonyl (C=O) groups excluding carboxylic acids is 1. The summed E-state index contributed by atoms with van der Waals surface area (Å²) in [6, 6.07) is 0. The Labute approximate surface area is 85.3 Å². The Hall–Kier alpha value is -0.890. The normalized spacial score (nSPS) is 32.6. The van der Waals surface area contributed by atoms with E-state index in [-0.39, 0.29) is 11.7 Å². The molecular formula is C12H18O2. The molecule has 0 radical (unpaired) electrons. The molecule has 2 nitrogen and oxygen atoms in total. The quantitative estimate of drug-likeness (QED) is 0.697. The molecule has 1 saturated carbocycles. The zero-order chi connectivity index (χ0) is 10.6. The van der Waals surface area contributed by atoms with Crippen molar-refractivity contribution in [2.45, 2.75) is 37.7 Å². The highest BCUT2D eigenvalue weighted by Crippen LogP contribution is 2.33. The molecule has 1 aliphatic rings. The summed E-state index contributed by atoms with van der Waals surface area (Å²) in [5.74, 6) is -0.0604. The van der Waals surface area contributed by atoms with Gasteiger partial charge in [0.1, 0.15) is 5.60 Å². The second-order valence-corrected chi connectivity index (χ2v) is 4.00. The fourth-order valence-corrected chi connectivity index (χ4v) is 2.14. The van der Waals surface area contributed by atoms with Gasteiger partial charge in [-0.1, -0.05) is 12.2 Å². The van der Waals surface area contributed by atoms with E-state index in [2.05, 4.69) is 13.2 Å². The van der Waals surface area contributed by atoms with Crippen LogP contribution in [0.3, 0.4) is 0 Å². The van der Waals surface area contributed by atoms with E-state index in [1.807, 2.05) is 0 Å². The van der Waals surface area contributed by atoms with Crippen molar-refractivity contribution in [2.75, 3.05) is 0 Å². The van der Waals surface area contributed by atoms with Crippen LogP contribution in [0.1, 0.15) is 32.1 Å². The topological polar surface area (TPSA) is 37.3 Å². The summed E-state index contributed by atoms with van der Waals surface area (Å²) in [5.41, 5.74) is -1.15. The largest absolute Gasteiger partial charge is 0.382 e. The highest BCUT2D eigenvalue weighted by atomic mass is 16.3. The van der Waals surface area contributed by atoms with Crippen LogP contribution in [-0.2, 0) is 4.79 Å². The second kappa shape index (κ2) is 4.56. The first-order chi connectivity index (χ1) is 6.64. The standard InChI is InChI=1S/C12H18O2/c1-3-6-10-7-5-9-12(14,8-4-2)11(10)13/h3-4,10,14H,1-2,5-9H2/t10-,12+/m1/s1. The van der Waals surface area contributed by atoms with Gasteiger partial charge in [-0.3, -0.25) is 4.79 Å².